The Bertz CT molecular complexity index is 180. The number of aliphatic hydroxyl groups excluding tert-OH is 6. The molecule has 0 bridgehead atoms. The third kappa shape index (κ3) is 39.0. The van der Waals surface area contributed by atoms with Crippen molar-refractivity contribution in [2.24, 2.45) is 0 Å². The summed E-state index contributed by atoms with van der Waals surface area (Å²) in [4.78, 5) is 0. The Labute approximate surface area is 142 Å². The van der Waals surface area contributed by atoms with E-state index in [0.29, 0.717) is 19.8 Å². The highest BCUT2D eigenvalue weighted by Crippen LogP contribution is 1.94. The van der Waals surface area contributed by atoms with Gasteiger partial charge in [0.25, 0.3) is 0 Å². The molecule has 0 aromatic rings. The van der Waals surface area contributed by atoms with Gasteiger partial charge in [0.2, 0.25) is 0 Å². The summed E-state index contributed by atoms with van der Waals surface area (Å²) in [5.74, 6) is 1.47. The summed E-state index contributed by atoms with van der Waals surface area (Å²) in [5, 5.41) is 49.5. The first-order valence-electron chi connectivity index (χ1n) is 7.20. The Balaban J connectivity index is -0.000000264. The van der Waals surface area contributed by atoms with Gasteiger partial charge in [0.15, 0.2) is 0 Å². The largest absolute Gasteiger partial charge is 0.396 e. The predicted octanol–water partition coefficient (Wildman–Crippen LogP) is -1.77. The number of hydrogen-bond donors (Lipinski definition) is 6. The van der Waals surface area contributed by atoms with Gasteiger partial charge in [0, 0.05) is 11.5 Å². The molecule has 0 aliphatic rings. The summed E-state index contributed by atoms with van der Waals surface area (Å²) >= 11 is 1.55. The lowest BCUT2D eigenvalue weighted by atomic mass is 10.4. The summed E-state index contributed by atoms with van der Waals surface area (Å²) in [7, 11) is 0. The molecule has 0 aliphatic heterocycles. The van der Waals surface area contributed by atoms with E-state index in [1.807, 2.05) is 0 Å². The standard InChI is InChI=1S/C6H12O3.C4H10O3.C4H10O2S/c1-2-3-9-5-6(8)4-7;2*5-1-3-7-4-2-6/h2,6-8H,1,3-5H2;2*5-6H,1-4H2. The monoisotopic (exact) mass is 360 g/mol. The second kappa shape index (κ2) is 29.7. The lowest BCUT2D eigenvalue weighted by Crippen LogP contribution is -2.19. The third-order valence-corrected chi connectivity index (χ3v) is 2.64. The van der Waals surface area contributed by atoms with Gasteiger partial charge in [0.1, 0.15) is 6.10 Å². The minimum Gasteiger partial charge on any atom is -0.396 e. The minimum atomic E-state index is -0.759. The molecule has 0 amide bonds. The van der Waals surface area contributed by atoms with Gasteiger partial charge >= 0.3 is 0 Å². The first kappa shape index (κ1) is 27.6. The third-order valence-electron chi connectivity index (χ3n) is 1.70. The van der Waals surface area contributed by atoms with Gasteiger partial charge in [0.05, 0.1) is 59.5 Å². The van der Waals surface area contributed by atoms with Crippen LogP contribution in [0, 0.1) is 0 Å². The highest BCUT2D eigenvalue weighted by atomic mass is 32.2. The molecule has 1 unspecified atom stereocenters. The lowest BCUT2D eigenvalue weighted by Gasteiger charge is -2.04. The molecule has 6 N–H and O–H groups in total. The first-order valence-corrected chi connectivity index (χ1v) is 8.36. The minimum absolute atomic E-state index is 0.0278. The number of rotatable bonds is 13. The van der Waals surface area contributed by atoms with Crippen LogP contribution in [0.15, 0.2) is 12.7 Å². The summed E-state index contributed by atoms with van der Waals surface area (Å²) in [5.41, 5.74) is 0. The van der Waals surface area contributed by atoms with Gasteiger partial charge in [-0.05, 0) is 0 Å². The van der Waals surface area contributed by atoms with Gasteiger partial charge in [-0.15, -0.1) is 6.58 Å². The van der Waals surface area contributed by atoms with Crippen molar-refractivity contribution >= 4 is 11.8 Å². The number of aliphatic hydroxyl groups is 6. The second-order valence-corrected chi connectivity index (χ2v) is 5.01. The van der Waals surface area contributed by atoms with Crippen LogP contribution in [0.1, 0.15) is 0 Å². The van der Waals surface area contributed by atoms with Crippen molar-refractivity contribution in [3.8, 4) is 0 Å². The molecule has 0 saturated carbocycles. The number of thioether (sulfide) groups is 1. The smallest absolute Gasteiger partial charge is 0.100 e. The maximum atomic E-state index is 8.68. The Kier molecular flexibility index (Phi) is 35.7. The molecule has 23 heavy (non-hydrogen) atoms. The topological polar surface area (TPSA) is 140 Å². The van der Waals surface area contributed by atoms with Crippen molar-refractivity contribution < 1.29 is 40.1 Å². The Morgan fingerprint density at radius 3 is 1.74 bits per heavy atom. The first-order chi connectivity index (χ1) is 11.1. The normalized spacial score (nSPS) is 10.9. The molecule has 0 radical (unpaired) electrons. The molecular weight excluding hydrogens is 328 g/mol. The summed E-state index contributed by atoms with van der Waals surface area (Å²) in [6.07, 6.45) is 0.828. The lowest BCUT2D eigenvalue weighted by molar-refractivity contribution is 0.0150. The van der Waals surface area contributed by atoms with Crippen LogP contribution < -0.4 is 0 Å². The average Bonchev–Trinajstić information content (AvgIpc) is 2.57. The van der Waals surface area contributed by atoms with Crippen LogP contribution in [-0.2, 0) is 9.47 Å². The van der Waals surface area contributed by atoms with Gasteiger partial charge in [-0.2, -0.15) is 11.8 Å². The van der Waals surface area contributed by atoms with E-state index in [4.69, 9.17) is 35.4 Å². The van der Waals surface area contributed by atoms with Crippen LogP contribution in [-0.4, -0.2) is 108 Å². The zero-order valence-corrected chi connectivity index (χ0v) is 14.4. The van der Waals surface area contributed by atoms with Crippen molar-refractivity contribution in [2.45, 2.75) is 6.10 Å². The van der Waals surface area contributed by atoms with Crippen LogP contribution in [0.25, 0.3) is 0 Å². The van der Waals surface area contributed by atoms with Crippen molar-refractivity contribution in [2.75, 3.05) is 71.0 Å². The van der Waals surface area contributed by atoms with Crippen LogP contribution in [0.2, 0.25) is 0 Å². The van der Waals surface area contributed by atoms with Crippen LogP contribution >= 0.6 is 11.8 Å². The molecule has 0 aromatic heterocycles. The molecule has 0 aliphatic carbocycles. The number of hydrogen-bond acceptors (Lipinski definition) is 9. The SMILES string of the molecule is C=CCOCC(O)CO.OCCOCCO.OCCSCCO. The maximum Gasteiger partial charge on any atom is 0.100 e. The molecule has 1 atom stereocenters. The molecule has 8 nitrogen and oxygen atoms in total. The fourth-order valence-electron chi connectivity index (χ4n) is 0.802. The quantitative estimate of drug-likeness (QED) is 0.166. The van der Waals surface area contributed by atoms with Crippen molar-refractivity contribution in [1.29, 1.82) is 0 Å². The summed E-state index contributed by atoms with van der Waals surface area (Å²) in [6.45, 7) is 4.87. The summed E-state index contributed by atoms with van der Waals surface area (Å²) < 4.78 is 9.44. The molecular formula is C14H32O8S. The average molecular weight is 360 g/mol. The second-order valence-electron chi connectivity index (χ2n) is 3.78. The van der Waals surface area contributed by atoms with E-state index in [9.17, 15) is 0 Å². The Morgan fingerprint density at radius 1 is 0.870 bits per heavy atom. The molecule has 0 saturated heterocycles. The molecule has 9 heteroatoms. The molecule has 0 aromatic carbocycles. The van der Waals surface area contributed by atoms with Crippen LogP contribution in [0.4, 0.5) is 0 Å². The Hall–Kier alpha value is -0.230. The maximum absolute atomic E-state index is 8.68. The zero-order chi connectivity index (χ0) is 18.2. The fourth-order valence-corrected chi connectivity index (χ4v) is 1.26. The molecule has 0 heterocycles. The molecule has 0 spiro atoms. The van der Waals surface area contributed by atoms with E-state index in [0.717, 1.165) is 11.5 Å². The van der Waals surface area contributed by atoms with Crippen LogP contribution in [0.5, 0.6) is 0 Å². The van der Waals surface area contributed by atoms with Crippen molar-refractivity contribution in [3.63, 3.8) is 0 Å². The van der Waals surface area contributed by atoms with Crippen molar-refractivity contribution in [1.82, 2.24) is 0 Å². The van der Waals surface area contributed by atoms with Crippen molar-refractivity contribution in [3.05, 3.63) is 12.7 Å². The van der Waals surface area contributed by atoms with E-state index in [-0.39, 0.29) is 39.6 Å². The Morgan fingerprint density at radius 2 is 1.39 bits per heavy atom. The highest BCUT2D eigenvalue weighted by Gasteiger charge is 1.98. The van der Waals surface area contributed by atoms with Crippen LogP contribution in [0.3, 0.4) is 0 Å². The van der Waals surface area contributed by atoms with E-state index in [1.165, 1.54) is 0 Å². The molecule has 0 rings (SSSR count). The molecule has 0 fully saturated rings. The van der Waals surface area contributed by atoms with E-state index < -0.39 is 6.10 Å². The fraction of sp³-hybridized carbons (Fsp3) is 0.857. The van der Waals surface area contributed by atoms with E-state index >= 15 is 0 Å². The number of ether oxygens (including phenoxy) is 2. The molecule has 142 valence electrons. The van der Waals surface area contributed by atoms with Gasteiger partial charge in [-0.25, -0.2) is 0 Å². The van der Waals surface area contributed by atoms with E-state index in [2.05, 4.69) is 11.3 Å². The van der Waals surface area contributed by atoms with Gasteiger partial charge in [-0.1, -0.05) is 6.08 Å². The van der Waals surface area contributed by atoms with E-state index in [1.54, 1.807) is 17.8 Å². The van der Waals surface area contributed by atoms with Gasteiger partial charge in [-0.3, -0.25) is 0 Å². The zero-order valence-electron chi connectivity index (χ0n) is 13.5. The summed E-state index contributed by atoms with van der Waals surface area (Å²) in [6, 6.07) is 0. The highest BCUT2D eigenvalue weighted by molar-refractivity contribution is 7.99. The predicted molar refractivity (Wildman–Crippen MR) is 90.6 cm³/mol. The van der Waals surface area contributed by atoms with Gasteiger partial charge < -0.3 is 40.1 Å².